The molecule has 0 saturated heterocycles. The number of rotatable bonds is 7. The molecule has 0 aliphatic rings. The van der Waals surface area contributed by atoms with Gasteiger partial charge in [-0.1, -0.05) is 0 Å². The predicted molar refractivity (Wildman–Crippen MR) is 69.9 cm³/mol. The number of pyridine rings is 1. The van der Waals surface area contributed by atoms with E-state index in [1.165, 1.54) is 19.4 Å². The molecule has 1 amide bonds. The van der Waals surface area contributed by atoms with E-state index in [0.29, 0.717) is 31.7 Å². The molecule has 1 aromatic rings. The first-order valence-corrected chi connectivity index (χ1v) is 6.03. The highest BCUT2D eigenvalue weighted by Crippen LogP contribution is 2.18. The largest absolute Gasteiger partial charge is 0.480 e. The average Bonchev–Trinajstić information content (AvgIpc) is 2.43. The van der Waals surface area contributed by atoms with Crippen LogP contribution in [0.5, 0.6) is 5.88 Å². The molecule has 1 N–H and O–H groups in total. The van der Waals surface area contributed by atoms with Crippen molar-refractivity contribution in [2.75, 3.05) is 25.6 Å². The highest BCUT2D eigenvalue weighted by atomic mass is 16.5. The molecule has 0 aromatic carbocycles. The fourth-order valence-electron chi connectivity index (χ4n) is 1.47. The Bertz CT molecular complexity index is 469. The number of carbonyl (C=O) groups is 1. The third kappa shape index (κ3) is 4.94. The second-order valence-corrected chi connectivity index (χ2v) is 3.74. The van der Waals surface area contributed by atoms with Gasteiger partial charge in [0.05, 0.1) is 19.0 Å². The molecule has 1 heterocycles. The normalized spacial score (nSPS) is 9.74. The van der Waals surface area contributed by atoms with Gasteiger partial charge in [-0.3, -0.25) is 4.79 Å². The van der Waals surface area contributed by atoms with Gasteiger partial charge in [-0.15, -0.1) is 0 Å². The third-order valence-electron chi connectivity index (χ3n) is 2.35. The maximum absolute atomic E-state index is 11.6. The van der Waals surface area contributed by atoms with Crippen LogP contribution in [0.2, 0.25) is 0 Å². The Morgan fingerprint density at radius 3 is 3.00 bits per heavy atom. The number of carbonyl (C=O) groups excluding carboxylic acids is 1. The fourth-order valence-corrected chi connectivity index (χ4v) is 1.47. The van der Waals surface area contributed by atoms with Crippen LogP contribution in [-0.2, 0) is 9.53 Å². The van der Waals surface area contributed by atoms with Crippen LogP contribution in [0.15, 0.2) is 12.3 Å². The molecule has 0 radical (unpaired) electrons. The lowest BCUT2D eigenvalue weighted by atomic mass is 10.2. The van der Waals surface area contributed by atoms with Crippen molar-refractivity contribution in [2.24, 2.45) is 0 Å². The minimum atomic E-state index is -0.129. The number of ether oxygens (including phenoxy) is 2. The van der Waals surface area contributed by atoms with E-state index in [9.17, 15) is 4.79 Å². The van der Waals surface area contributed by atoms with Gasteiger partial charge >= 0.3 is 0 Å². The number of aromatic nitrogens is 1. The van der Waals surface area contributed by atoms with Crippen molar-refractivity contribution in [1.29, 1.82) is 5.26 Å². The predicted octanol–water partition coefficient (Wildman–Crippen LogP) is 1.72. The molecule has 19 heavy (non-hydrogen) atoms. The monoisotopic (exact) mass is 263 g/mol. The summed E-state index contributed by atoms with van der Waals surface area (Å²) in [5, 5.41) is 11.6. The summed E-state index contributed by atoms with van der Waals surface area (Å²) in [7, 11) is 1.44. The van der Waals surface area contributed by atoms with Gasteiger partial charge in [0, 0.05) is 19.6 Å². The van der Waals surface area contributed by atoms with Gasteiger partial charge in [-0.2, -0.15) is 5.26 Å². The zero-order valence-corrected chi connectivity index (χ0v) is 11.1. The van der Waals surface area contributed by atoms with Crippen LogP contribution in [0.4, 0.5) is 5.69 Å². The summed E-state index contributed by atoms with van der Waals surface area (Å²) in [5.74, 6) is 0.118. The van der Waals surface area contributed by atoms with Crippen LogP contribution in [0.3, 0.4) is 0 Å². The minimum absolute atomic E-state index is 0.129. The van der Waals surface area contributed by atoms with Gasteiger partial charge in [-0.05, 0) is 19.4 Å². The van der Waals surface area contributed by atoms with E-state index in [4.69, 9.17) is 14.7 Å². The Balaban J connectivity index is 2.53. The fraction of sp³-hybridized carbons (Fsp3) is 0.462. The van der Waals surface area contributed by atoms with Crippen LogP contribution in [0.1, 0.15) is 25.3 Å². The zero-order chi connectivity index (χ0) is 14.1. The summed E-state index contributed by atoms with van der Waals surface area (Å²) in [5.41, 5.74) is 0.772. The lowest BCUT2D eigenvalue weighted by Crippen LogP contribution is -2.12. The Morgan fingerprint density at radius 2 is 2.37 bits per heavy atom. The molecule has 0 fully saturated rings. The molecule has 1 rings (SSSR count). The number of hydrogen-bond donors (Lipinski definition) is 1. The Kier molecular flexibility index (Phi) is 6.33. The lowest BCUT2D eigenvalue weighted by molar-refractivity contribution is -0.116. The number of methoxy groups -OCH3 is 1. The third-order valence-corrected chi connectivity index (χ3v) is 2.35. The summed E-state index contributed by atoms with van der Waals surface area (Å²) >= 11 is 0. The number of nitriles is 1. The molecule has 6 nitrogen and oxygen atoms in total. The molecule has 0 unspecified atom stereocenters. The van der Waals surface area contributed by atoms with Crippen molar-refractivity contribution in [2.45, 2.75) is 19.8 Å². The number of nitrogens with zero attached hydrogens (tertiary/aromatic N) is 2. The van der Waals surface area contributed by atoms with Gasteiger partial charge in [0.25, 0.3) is 0 Å². The van der Waals surface area contributed by atoms with E-state index < -0.39 is 0 Å². The topological polar surface area (TPSA) is 84.2 Å². The minimum Gasteiger partial charge on any atom is -0.480 e. The molecule has 0 spiro atoms. The van der Waals surface area contributed by atoms with Crippen LogP contribution >= 0.6 is 0 Å². The van der Waals surface area contributed by atoms with E-state index in [1.807, 2.05) is 13.0 Å². The molecule has 0 aliphatic heterocycles. The number of hydrogen-bond acceptors (Lipinski definition) is 5. The molecule has 6 heteroatoms. The number of anilines is 1. The molecule has 0 aliphatic carbocycles. The van der Waals surface area contributed by atoms with Crippen molar-refractivity contribution in [1.82, 2.24) is 4.98 Å². The standard InChI is InChI=1S/C13H17N3O3/c1-3-19-6-4-5-12(17)16-11-7-10(8-14)13(18-2)15-9-11/h7,9H,3-6H2,1-2H3,(H,16,17). The molecule has 0 bridgehead atoms. The molecule has 0 atom stereocenters. The lowest BCUT2D eigenvalue weighted by Gasteiger charge is -2.07. The smallest absolute Gasteiger partial charge is 0.231 e. The van der Waals surface area contributed by atoms with E-state index >= 15 is 0 Å². The van der Waals surface area contributed by atoms with Crippen LogP contribution in [-0.4, -0.2) is 31.2 Å². The van der Waals surface area contributed by atoms with E-state index in [2.05, 4.69) is 10.3 Å². The molecule has 1 aromatic heterocycles. The van der Waals surface area contributed by atoms with Crippen molar-refractivity contribution in [3.8, 4) is 11.9 Å². The first-order chi connectivity index (χ1) is 9.21. The zero-order valence-electron chi connectivity index (χ0n) is 11.1. The Labute approximate surface area is 112 Å². The quantitative estimate of drug-likeness (QED) is 0.757. The Hall–Kier alpha value is -2.13. The van der Waals surface area contributed by atoms with Crippen molar-refractivity contribution in [3.63, 3.8) is 0 Å². The van der Waals surface area contributed by atoms with E-state index in [-0.39, 0.29) is 17.4 Å². The highest BCUT2D eigenvalue weighted by molar-refractivity contribution is 5.90. The highest BCUT2D eigenvalue weighted by Gasteiger charge is 2.07. The van der Waals surface area contributed by atoms with Gasteiger partial charge in [0.2, 0.25) is 11.8 Å². The van der Waals surface area contributed by atoms with E-state index in [1.54, 1.807) is 0 Å². The van der Waals surface area contributed by atoms with Crippen molar-refractivity contribution >= 4 is 11.6 Å². The van der Waals surface area contributed by atoms with Crippen LogP contribution in [0, 0.1) is 11.3 Å². The summed E-state index contributed by atoms with van der Waals surface area (Å²) in [6.45, 7) is 3.12. The maximum Gasteiger partial charge on any atom is 0.231 e. The van der Waals surface area contributed by atoms with Crippen molar-refractivity contribution in [3.05, 3.63) is 17.8 Å². The SMILES string of the molecule is CCOCCCC(=O)Nc1cnc(OC)c(C#N)c1. The first kappa shape index (κ1) is 14.9. The second kappa shape index (κ2) is 8.06. The van der Waals surface area contributed by atoms with Gasteiger partial charge in [0.1, 0.15) is 11.6 Å². The molecular weight excluding hydrogens is 246 g/mol. The van der Waals surface area contributed by atoms with Crippen LogP contribution < -0.4 is 10.1 Å². The average molecular weight is 263 g/mol. The van der Waals surface area contributed by atoms with Gasteiger partial charge in [-0.25, -0.2) is 4.98 Å². The summed E-state index contributed by atoms with van der Waals surface area (Å²) in [6.07, 6.45) is 2.49. The maximum atomic E-state index is 11.6. The molecule has 0 saturated carbocycles. The number of amides is 1. The van der Waals surface area contributed by atoms with Gasteiger partial charge < -0.3 is 14.8 Å². The summed E-state index contributed by atoms with van der Waals surface area (Å²) in [4.78, 5) is 15.6. The Morgan fingerprint density at radius 1 is 1.58 bits per heavy atom. The number of nitrogens with one attached hydrogen (secondary N) is 1. The van der Waals surface area contributed by atoms with Gasteiger partial charge in [0.15, 0.2) is 0 Å². The van der Waals surface area contributed by atoms with E-state index in [0.717, 1.165) is 0 Å². The molecule has 102 valence electrons. The van der Waals surface area contributed by atoms with Crippen molar-refractivity contribution < 1.29 is 14.3 Å². The van der Waals surface area contributed by atoms with Crippen LogP contribution in [0.25, 0.3) is 0 Å². The molecular formula is C13H17N3O3. The second-order valence-electron chi connectivity index (χ2n) is 3.74. The summed E-state index contributed by atoms with van der Waals surface area (Å²) < 4.78 is 10.1. The first-order valence-electron chi connectivity index (χ1n) is 6.03. The summed E-state index contributed by atoms with van der Waals surface area (Å²) in [6, 6.07) is 3.50.